The number of ether oxygens (including phenoxy) is 1. The Bertz CT molecular complexity index is 1270. The summed E-state index contributed by atoms with van der Waals surface area (Å²) < 4.78 is 5.77. The molecule has 3 aromatic rings. The van der Waals surface area contributed by atoms with Crippen molar-refractivity contribution in [3.05, 3.63) is 100 Å². The third-order valence-corrected chi connectivity index (χ3v) is 6.57. The molecule has 186 valence electrons. The van der Waals surface area contributed by atoms with Crippen molar-refractivity contribution in [1.82, 2.24) is 4.90 Å². The fourth-order valence-electron chi connectivity index (χ4n) is 4.50. The Morgan fingerprint density at radius 3 is 2.47 bits per heavy atom. The van der Waals surface area contributed by atoms with Crippen LogP contribution in [0.2, 0.25) is 0 Å². The number of aryl methyl sites for hydroxylation is 2. The van der Waals surface area contributed by atoms with E-state index in [2.05, 4.69) is 18.8 Å². The first-order valence-electron chi connectivity index (χ1n) is 12.5. The zero-order chi connectivity index (χ0) is 25.7. The van der Waals surface area contributed by atoms with E-state index in [1.54, 1.807) is 24.5 Å². The number of ketones is 1. The molecule has 4 rings (SSSR count). The Kier molecular flexibility index (Phi) is 7.84. The molecule has 0 aliphatic carbocycles. The molecule has 0 spiro atoms. The van der Waals surface area contributed by atoms with Crippen LogP contribution in [0.15, 0.2) is 72.6 Å². The molecule has 2 aromatic carbocycles. The maximum absolute atomic E-state index is 13.8. The highest BCUT2D eigenvalue weighted by Crippen LogP contribution is 2.40. The van der Waals surface area contributed by atoms with Crippen LogP contribution in [0.5, 0.6) is 5.75 Å². The number of likely N-dealkylation sites (tertiary alicyclic amines) is 1. The van der Waals surface area contributed by atoms with Crippen molar-refractivity contribution in [3.63, 3.8) is 0 Å². The molecule has 6 nitrogen and oxygen atoms in total. The van der Waals surface area contributed by atoms with E-state index in [-0.39, 0.29) is 12.1 Å². The predicted molar refractivity (Wildman–Crippen MR) is 136 cm³/mol. The number of rotatable bonds is 9. The van der Waals surface area contributed by atoms with Crippen LogP contribution >= 0.6 is 0 Å². The summed E-state index contributed by atoms with van der Waals surface area (Å²) in [6.07, 6.45) is 6.41. The number of H-pyrrole nitrogens is 1. The Morgan fingerprint density at radius 2 is 1.83 bits per heavy atom. The number of amides is 1. The second-order valence-electron chi connectivity index (χ2n) is 9.09. The number of aromatic nitrogens is 1. The van der Waals surface area contributed by atoms with Gasteiger partial charge in [-0.25, -0.2) is 4.98 Å². The monoisotopic (exact) mass is 484 g/mol. The Labute approximate surface area is 212 Å². The van der Waals surface area contributed by atoms with Crippen molar-refractivity contribution in [2.24, 2.45) is 0 Å². The van der Waals surface area contributed by atoms with Gasteiger partial charge in [0.2, 0.25) is 5.78 Å². The Balaban J connectivity index is 1.78. The van der Waals surface area contributed by atoms with Crippen molar-refractivity contribution in [3.8, 4) is 5.75 Å². The minimum atomic E-state index is -0.761. The second-order valence-corrected chi connectivity index (χ2v) is 9.09. The lowest BCUT2D eigenvalue weighted by atomic mass is 9.93. The van der Waals surface area contributed by atoms with Gasteiger partial charge in [0.25, 0.3) is 5.91 Å². The lowest BCUT2D eigenvalue weighted by Crippen LogP contribution is -2.29. The molecule has 1 aliphatic rings. The Hall–Kier alpha value is -3.93. The molecule has 0 radical (unpaired) electrons. The molecule has 1 N–H and O–H groups in total. The lowest BCUT2D eigenvalue weighted by molar-refractivity contribution is -0.378. The average Bonchev–Trinajstić information content (AvgIpc) is 3.14. The van der Waals surface area contributed by atoms with Gasteiger partial charge < -0.3 is 14.7 Å². The number of hydrogen-bond donors (Lipinski definition) is 0. The summed E-state index contributed by atoms with van der Waals surface area (Å²) in [7, 11) is 0. The fourth-order valence-corrected chi connectivity index (χ4v) is 4.50. The number of benzene rings is 2. The van der Waals surface area contributed by atoms with Crippen LogP contribution in [0.1, 0.15) is 60.5 Å². The van der Waals surface area contributed by atoms with Gasteiger partial charge in [-0.1, -0.05) is 56.4 Å². The van der Waals surface area contributed by atoms with Crippen LogP contribution in [0.3, 0.4) is 0 Å². The molecule has 0 saturated carbocycles. The van der Waals surface area contributed by atoms with Crippen LogP contribution in [-0.4, -0.2) is 23.2 Å². The highest BCUT2D eigenvalue weighted by Gasteiger charge is 2.44. The molecule has 1 atom stereocenters. The number of unbranched alkanes of at least 4 members (excludes halogenated alkanes) is 1. The summed E-state index contributed by atoms with van der Waals surface area (Å²) in [6.45, 7) is 6.80. The smallest absolute Gasteiger partial charge is 0.295 e. The van der Waals surface area contributed by atoms with Gasteiger partial charge in [-0.3, -0.25) is 9.59 Å². The van der Waals surface area contributed by atoms with Gasteiger partial charge in [-0.2, -0.15) is 0 Å². The van der Waals surface area contributed by atoms with Crippen LogP contribution in [0.25, 0.3) is 5.76 Å². The number of hydrogen-bond acceptors (Lipinski definition) is 4. The number of aromatic amines is 1. The van der Waals surface area contributed by atoms with Gasteiger partial charge in [0, 0.05) is 17.2 Å². The molecule has 0 bridgehead atoms. The molecule has 1 aliphatic heterocycles. The molecule has 1 saturated heterocycles. The first-order valence-corrected chi connectivity index (χ1v) is 12.5. The van der Waals surface area contributed by atoms with E-state index in [0.717, 1.165) is 36.0 Å². The summed E-state index contributed by atoms with van der Waals surface area (Å²) in [6, 6.07) is 16.0. The maximum atomic E-state index is 13.8. The molecule has 1 fully saturated rings. The second kappa shape index (κ2) is 11.2. The number of Topliss-reactive ketones (excluding diaryl/α,β-unsaturated/α-hetero) is 1. The van der Waals surface area contributed by atoms with Crippen molar-refractivity contribution in [2.45, 2.75) is 52.6 Å². The van der Waals surface area contributed by atoms with Crippen molar-refractivity contribution >= 4 is 17.4 Å². The number of nitrogens with zero attached hydrogens (tertiary/aromatic N) is 1. The van der Waals surface area contributed by atoms with E-state index in [9.17, 15) is 14.7 Å². The van der Waals surface area contributed by atoms with Crippen molar-refractivity contribution in [1.29, 1.82) is 0 Å². The molecule has 2 heterocycles. The average molecular weight is 485 g/mol. The van der Waals surface area contributed by atoms with E-state index in [1.165, 1.54) is 4.90 Å². The number of nitrogens with one attached hydrogen (secondary N) is 1. The standard InChI is InChI=1S/C30H32N2O4/c1-4-6-16-36-24-13-14-25(20(3)17-24)28(33)26-27(23-11-9-21(5-2)10-12-23)32(30(35)29(26)34)19-22-8-7-15-31-18-22/h7-15,17-18,27,33H,4-6,16,19H2,1-3H3/b28-26+. The molecule has 6 heteroatoms. The van der Waals surface area contributed by atoms with Gasteiger partial charge in [0.15, 0.2) is 12.4 Å². The topological polar surface area (TPSA) is 83.8 Å². The summed E-state index contributed by atoms with van der Waals surface area (Å²) in [5, 5.41) is 13.8. The lowest BCUT2D eigenvalue weighted by Gasteiger charge is -2.28. The molecule has 1 amide bonds. The molecule has 1 unspecified atom stereocenters. The molecule has 1 aromatic heterocycles. The van der Waals surface area contributed by atoms with Gasteiger partial charge in [0.1, 0.15) is 5.75 Å². The van der Waals surface area contributed by atoms with Gasteiger partial charge in [0.05, 0.1) is 19.2 Å². The van der Waals surface area contributed by atoms with E-state index in [0.29, 0.717) is 23.5 Å². The normalized spacial score (nSPS) is 17.0. The van der Waals surface area contributed by atoms with Crippen LogP contribution in [0.4, 0.5) is 0 Å². The highest BCUT2D eigenvalue weighted by atomic mass is 16.5. The zero-order valence-electron chi connectivity index (χ0n) is 21.0. The molecular weight excluding hydrogens is 452 g/mol. The largest absolute Gasteiger partial charge is 0.872 e. The highest BCUT2D eigenvalue weighted by molar-refractivity contribution is 6.46. The maximum Gasteiger partial charge on any atom is 0.295 e. The summed E-state index contributed by atoms with van der Waals surface area (Å²) >= 11 is 0. The van der Waals surface area contributed by atoms with Gasteiger partial charge in [-0.05, 0) is 60.2 Å². The Morgan fingerprint density at radius 1 is 1.06 bits per heavy atom. The van der Waals surface area contributed by atoms with E-state index in [1.807, 2.05) is 49.4 Å². The number of carbonyl (C=O) groups is 2. The first-order chi connectivity index (χ1) is 17.4. The third-order valence-electron chi connectivity index (χ3n) is 6.57. The van der Waals surface area contributed by atoms with Gasteiger partial charge >= 0.3 is 0 Å². The molecular formula is C30H32N2O4. The SMILES string of the molecule is CCCCOc1ccc(/C([O-])=C2\C(=O)C(=O)N(Cc3ccc[nH+]c3)C2c2ccc(CC)cc2)c(C)c1. The predicted octanol–water partition coefficient (Wildman–Crippen LogP) is 3.97. The first kappa shape index (κ1) is 25.2. The summed E-state index contributed by atoms with van der Waals surface area (Å²) in [5.74, 6) is -1.14. The zero-order valence-corrected chi connectivity index (χ0v) is 21.0. The minimum Gasteiger partial charge on any atom is -0.872 e. The van der Waals surface area contributed by atoms with Crippen LogP contribution in [-0.2, 0) is 22.6 Å². The van der Waals surface area contributed by atoms with Crippen LogP contribution < -0.4 is 14.8 Å². The van der Waals surface area contributed by atoms with E-state index >= 15 is 0 Å². The molecule has 36 heavy (non-hydrogen) atoms. The summed E-state index contributed by atoms with van der Waals surface area (Å²) in [5.41, 5.74) is 3.82. The number of pyridine rings is 1. The minimum absolute atomic E-state index is 0.00749. The van der Waals surface area contributed by atoms with Crippen molar-refractivity contribution in [2.75, 3.05) is 6.61 Å². The van der Waals surface area contributed by atoms with E-state index < -0.39 is 23.5 Å². The summed E-state index contributed by atoms with van der Waals surface area (Å²) in [4.78, 5) is 31.0. The fraction of sp³-hybridized carbons (Fsp3) is 0.300. The third kappa shape index (κ3) is 5.18. The number of carbonyl (C=O) groups excluding carboxylic acids is 2. The van der Waals surface area contributed by atoms with Gasteiger partial charge in [-0.15, -0.1) is 0 Å². The van der Waals surface area contributed by atoms with Crippen molar-refractivity contribution < 1.29 is 24.4 Å². The quantitative estimate of drug-likeness (QED) is 0.199. The van der Waals surface area contributed by atoms with E-state index in [4.69, 9.17) is 4.74 Å². The van der Waals surface area contributed by atoms with Crippen LogP contribution in [0, 0.1) is 6.92 Å².